The minimum absolute atomic E-state index is 0.00905. The number of rotatable bonds is 7. The van der Waals surface area contributed by atoms with Crippen molar-refractivity contribution in [1.29, 1.82) is 0 Å². The van der Waals surface area contributed by atoms with Gasteiger partial charge in [0.15, 0.2) is 21.5 Å². The number of aryl methyl sites for hydroxylation is 4. The van der Waals surface area contributed by atoms with Gasteiger partial charge in [-0.1, -0.05) is 56.2 Å². The van der Waals surface area contributed by atoms with Crippen molar-refractivity contribution >= 4 is 47.5 Å². The topological polar surface area (TPSA) is 160 Å². The van der Waals surface area contributed by atoms with E-state index in [4.69, 9.17) is 14.8 Å². The number of fused-ring (bicyclic) bond motifs is 8. The Morgan fingerprint density at radius 2 is 1.76 bits per heavy atom. The van der Waals surface area contributed by atoms with Gasteiger partial charge in [0.2, 0.25) is 0 Å². The van der Waals surface area contributed by atoms with Crippen LogP contribution in [0.1, 0.15) is 81.5 Å². The highest BCUT2D eigenvalue weighted by atomic mass is 32.2. The molecule has 7 rings (SSSR count). The minimum Gasteiger partial charge on any atom is -0.466 e. The van der Waals surface area contributed by atoms with Crippen LogP contribution in [0.5, 0.6) is 0 Å². The number of carbonyl (C=O) groups is 1. The van der Waals surface area contributed by atoms with E-state index >= 15 is 8.78 Å². The van der Waals surface area contributed by atoms with Crippen LogP contribution in [0.2, 0.25) is 0 Å². The molecule has 0 radical (unpaired) electrons. The first-order valence-corrected chi connectivity index (χ1v) is 24.7. The van der Waals surface area contributed by atoms with Crippen LogP contribution in [0.4, 0.5) is 8.78 Å². The van der Waals surface area contributed by atoms with Crippen LogP contribution < -0.4 is 0 Å². The number of esters is 1. The molecule has 3 aromatic carbocycles. The molecule has 3 aromatic heterocycles. The van der Waals surface area contributed by atoms with Crippen LogP contribution in [0, 0.1) is 24.0 Å². The highest BCUT2D eigenvalue weighted by molar-refractivity contribution is 7.91. The van der Waals surface area contributed by atoms with E-state index in [1.165, 1.54) is 47.4 Å². The average molecular weight is 906 g/mol. The lowest BCUT2D eigenvalue weighted by Crippen LogP contribution is -2.30. The maximum atomic E-state index is 16.7. The number of hydrogen-bond acceptors (Lipinski definition) is 10. The molecule has 0 fully saturated rings. The largest absolute Gasteiger partial charge is 0.466 e. The van der Waals surface area contributed by atoms with Gasteiger partial charge in [-0.25, -0.2) is 43.5 Å². The van der Waals surface area contributed by atoms with Crippen molar-refractivity contribution in [2.24, 2.45) is 12.5 Å². The fourth-order valence-electron chi connectivity index (χ4n) is 8.32. The number of nitrogens with zero attached hydrogens (tertiary/aromatic N) is 5. The second-order valence-electron chi connectivity index (χ2n) is 16.8. The molecule has 0 saturated carbocycles. The fourth-order valence-corrected chi connectivity index (χ4v) is 13.0. The summed E-state index contributed by atoms with van der Waals surface area (Å²) >= 11 is 0. The zero-order valence-corrected chi connectivity index (χ0v) is 37.9. The predicted molar refractivity (Wildman–Crippen MR) is 232 cm³/mol. The summed E-state index contributed by atoms with van der Waals surface area (Å²) < 4.78 is 111. The van der Waals surface area contributed by atoms with Gasteiger partial charge in [0.1, 0.15) is 17.3 Å². The van der Waals surface area contributed by atoms with Crippen molar-refractivity contribution in [2.45, 2.75) is 93.2 Å². The van der Waals surface area contributed by atoms with Crippen LogP contribution in [-0.2, 0) is 65.5 Å². The normalized spacial score (nSPS) is 19.3. The molecular weight excluding hydrogens is 857 g/mol. The standard InChI is InChI=1S/C45H49F2N5O7S3/c1-7-59-39(53)17-14-30-10-8-11-35(40(30)47)45(5)22-9-21-44(3,4)28-61(55,56)25-20-34-33-19-24-52(62(57,58)32-15-12-29(2)13-16-32)38(33)27-36(46)41(34)60(54)31-18-23-48-37(26-31)42-49-43(45)50-51(42)6/h8,10-13,15-16,18-19,23-24,26-27H,7,9,14,17,20-22,25,28H2,1-6H3/t45-,60?/m1/s1. The third kappa shape index (κ3) is 8.89. The van der Waals surface area contributed by atoms with E-state index in [1.54, 1.807) is 44.3 Å². The molecule has 0 N–H and O–H groups in total. The second-order valence-corrected chi connectivity index (χ2v) is 22.2. The number of aromatic nitrogens is 5. The molecule has 0 amide bonds. The number of benzene rings is 3. The molecule has 0 spiro atoms. The van der Waals surface area contributed by atoms with E-state index in [-0.39, 0.29) is 80.1 Å². The summed E-state index contributed by atoms with van der Waals surface area (Å²) in [5.74, 6) is -2.06. The molecule has 328 valence electrons. The molecule has 17 heteroatoms. The first-order chi connectivity index (χ1) is 29.2. The molecule has 4 bridgehead atoms. The smallest absolute Gasteiger partial charge is 0.306 e. The number of hydrogen-bond donors (Lipinski definition) is 0. The Kier molecular flexibility index (Phi) is 12.5. The van der Waals surface area contributed by atoms with Gasteiger partial charge in [-0.3, -0.25) is 9.78 Å². The third-order valence-electron chi connectivity index (χ3n) is 11.5. The SMILES string of the molecule is CCOC(=O)CCc1cccc([C@@]2(C)CCCC(C)(C)CS(=O)(=O)CCc3c(c(F)cc4c3ccn4S(=O)(=O)c3ccc(C)cc3)S(=O)c3ccnc(c3)-c3nc2nn3C)c1F. The lowest BCUT2D eigenvalue weighted by molar-refractivity contribution is -0.143. The fraction of sp³-hybridized carbons (Fsp3) is 0.378. The molecule has 1 aliphatic rings. The van der Waals surface area contributed by atoms with Crippen molar-refractivity contribution in [3.8, 4) is 11.5 Å². The van der Waals surface area contributed by atoms with Crippen LogP contribution in [0.25, 0.3) is 22.4 Å². The minimum atomic E-state index is -4.21. The molecule has 4 heterocycles. The summed E-state index contributed by atoms with van der Waals surface area (Å²) in [5.41, 5.74) is -0.109. The van der Waals surface area contributed by atoms with E-state index in [9.17, 15) is 25.8 Å². The first kappa shape index (κ1) is 44.9. The van der Waals surface area contributed by atoms with Crippen LogP contribution >= 0.6 is 0 Å². The molecule has 1 unspecified atom stereocenters. The molecule has 0 aliphatic carbocycles. The van der Waals surface area contributed by atoms with E-state index in [1.807, 2.05) is 27.7 Å². The second kappa shape index (κ2) is 17.2. The average Bonchev–Trinajstić information content (AvgIpc) is 3.83. The summed E-state index contributed by atoms with van der Waals surface area (Å²) in [4.78, 5) is 21.4. The van der Waals surface area contributed by atoms with E-state index in [0.717, 1.165) is 15.6 Å². The number of halogens is 2. The van der Waals surface area contributed by atoms with E-state index in [0.29, 0.717) is 30.4 Å². The molecule has 1 aliphatic heterocycles. The molecular formula is C45H49F2N5O7S3. The van der Waals surface area contributed by atoms with Gasteiger partial charge in [-0.15, -0.1) is 0 Å². The summed E-state index contributed by atoms with van der Waals surface area (Å²) in [6, 6.07) is 16.7. The van der Waals surface area contributed by atoms with Gasteiger partial charge in [0.05, 0.1) is 49.6 Å². The van der Waals surface area contributed by atoms with Gasteiger partial charge < -0.3 is 4.74 Å². The molecule has 12 nitrogen and oxygen atoms in total. The lowest BCUT2D eigenvalue weighted by Gasteiger charge is -2.31. The summed E-state index contributed by atoms with van der Waals surface area (Å²) in [6.07, 6.45) is 3.72. The predicted octanol–water partition coefficient (Wildman–Crippen LogP) is 7.79. The van der Waals surface area contributed by atoms with Crippen molar-refractivity contribution in [1.82, 2.24) is 23.7 Å². The zero-order valence-electron chi connectivity index (χ0n) is 35.4. The van der Waals surface area contributed by atoms with Crippen LogP contribution in [0.3, 0.4) is 0 Å². The van der Waals surface area contributed by atoms with Gasteiger partial charge in [-0.2, -0.15) is 5.10 Å². The number of pyridine rings is 1. The monoisotopic (exact) mass is 905 g/mol. The van der Waals surface area contributed by atoms with Gasteiger partial charge >= 0.3 is 5.97 Å². The van der Waals surface area contributed by atoms with Gasteiger partial charge in [-0.05, 0) is 93.3 Å². The Bertz CT molecular complexity index is 2950. The molecule has 6 aromatic rings. The van der Waals surface area contributed by atoms with Crippen molar-refractivity contribution < 1.29 is 39.4 Å². The number of carbonyl (C=O) groups excluding carboxylic acids is 1. The Morgan fingerprint density at radius 1 is 1.02 bits per heavy atom. The summed E-state index contributed by atoms with van der Waals surface area (Å²) in [6.45, 7) is 9.25. The highest BCUT2D eigenvalue weighted by Crippen LogP contribution is 2.41. The Morgan fingerprint density at radius 3 is 2.48 bits per heavy atom. The Hall–Kier alpha value is -5.13. The highest BCUT2D eigenvalue weighted by Gasteiger charge is 2.38. The lowest BCUT2D eigenvalue weighted by atomic mass is 9.75. The third-order valence-corrected chi connectivity index (χ3v) is 16.8. The quantitative estimate of drug-likeness (QED) is 0.145. The van der Waals surface area contributed by atoms with Crippen molar-refractivity contribution in [2.75, 3.05) is 18.1 Å². The number of sulfone groups is 1. The Labute approximate surface area is 363 Å². The summed E-state index contributed by atoms with van der Waals surface area (Å²) in [5, 5.41) is 5.02. The zero-order chi connectivity index (χ0) is 44.8. The van der Waals surface area contributed by atoms with Crippen LogP contribution in [-0.4, -0.2) is 68.8 Å². The molecule has 0 saturated heterocycles. The van der Waals surface area contributed by atoms with Gasteiger partial charge in [0.25, 0.3) is 10.0 Å². The maximum Gasteiger partial charge on any atom is 0.306 e. The maximum absolute atomic E-state index is 16.7. The van der Waals surface area contributed by atoms with Gasteiger partial charge in [0, 0.05) is 47.8 Å². The van der Waals surface area contributed by atoms with Crippen molar-refractivity contribution in [3.63, 3.8) is 0 Å². The number of ether oxygens (including phenoxy) is 1. The Balaban J connectivity index is 1.37. The van der Waals surface area contributed by atoms with Crippen molar-refractivity contribution in [3.05, 3.63) is 119 Å². The van der Waals surface area contributed by atoms with E-state index in [2.05, 4.69) is 4.98 Å². The molecule has 2 atom stereocenters. The van der Waals surface area contributed by atoms with E-state index < -0.39 is 64.8 Å². The first-order valence-electron chi connectivity index (χ1n) is 20.3. The summed E-state index contributed by atoms with van der Waals surface area (Å²) in [7, 11) is -8.69. The molecule has 62 heavy (non-hydrogen) atoms. The van der Waals surface area contributed by atoms with Crippen LogP contribution in [0.15, 0.2) is 93.8 Å².